The van der Waals surface area contributed by atoms with Crippen molar-refractivity contribution in [1.29, 1.82) is 0 Å². The number of nitrogens with zero attached hydrogens (tertiary/aromatic N) is 2. The van der Waals surface area contributed by atoms with Crippen molar-refractivity contribution in [2.75, 3.05) is 11.4 Å². The molecular weight excluding hydrogens is 462 g/mol. The minimum Gasteiger partial charge on any atom is -0.406 e. The Balaban J connectivity index is 1.68. The Hall–Kier alpha value is -3.43. The van der Waals surface area contributed by atoms with Crippen molar-refractivity contribution in [1.82, 2.24) is 4.98 Å². The highest BCUT2D eigenvalue weighted by Crippen LogP contribution is 2.45. The van der Waals surface area contributed by atoms with Gasteiger partial charge in [-0.1, -0.05) is 24.3 Å². The first-order valence-corrected chi connectivity index (χ1v) is 10.5. The first kappa shape index (κ1) is 23.7. The Kier molecular flexibility index (Phi) is 6.58. The molecule has 2 heterocycles. The Labute approximate surface area is 191 Å². The number of alkyl halides is 6. The van der Waals surface area contributed by atoms with Crippen molar-refractivity contribution in [2.45, 2.75) is 37.5 Å². The van der Waals surface area contributed by atoms with E-state index in [-0.39, 0.29) is 23.5 Å². The summed E-state index contributed by atoms with van der Waals surface area (Å²) in [5, 5.41) is 0. The van der Waals surface area contributed by atoms with Gasteiger partial charge in [0.1, 0.15) is 11.5 Å². The maximum atomic E-state index is 12.6. The lowest BCUT2D eigenvalue weighted by Crippen LogP contribution is -2.38. The topological polar surface area (TPSA) is 34.6 Å². The van der Waals surface area contributed by atoms with Crippen molar-refractivity contribution in [3.05, 3.63) is 84.2 Å². The zero-order valence-corrected chi connectivity index (χ0v) is 17.7. The molecule has 1 saturated heterocycles. The van der Waals surface area contributed by atoms with Gasteiger partial charge in [-0.15, -0.1) is 26.3 Å². The van der Waals surface area contributed by atoms with Crippen LogP contribution in [0.15, 0.2) is 73.1 Å². The van der Waals surface area contributed by atoms with Crippen molar-refractivity contribution >= 4 is 5.69 Å². The molecule has 10 heteroatoms. The van der Waals surface area contributed by atoms with Gasteiger partial charge in [-0.2, -0.15) is 0 Å². The van der Waals surface area contributed by atoms with Crippen LogP contribution in [0.5, 0.6) is 11.5 Å². The van der Waals surface area contributed by atoms with Crippen LogP contribution in [-0.4, -0.2) is 24.3 Å². The quantitative estimate of drug-likeness (QED) is 0.367. The molecule has 2 aromatic carbocycles. The fourth-order valence-electron chi connectivity index (χ4n) is 4.37. The van der Waals surface area contributed by atoms with Crippen molar-refractivity contribution in [3.8, 4) is 11.5 Å². The van der Waals surface area contributed by atoms with Crippen LogP contribution in [0.4, 0.5) is 32.0 Å². The van der Waals surface area contributed by atoms with Crippen LogP contribution < -0.4 is 14.4 Å². The highest BCUT2D eigenvalue weighted by atomic mass is 19.4. The molecule has 3 aromatic rings. The van der Waals surface area contributed by atoms with E-state index in [1.54, 1.807) is 36.7 Å². The number of piperidine rings is 1. The van der Waals surface area contributed by atoms with Gasteiger partial charge in [-0.25, -0.2) is 0 Å². The van der Waals surface area contributed by atoms with Gasteiger partial charge < -0.3 is 14.4 Å². The smallest absolute Gasteiger partial charge is 0.406 e. The molecule has 0 N–H and O–H groups in total. The lowest BCUT2D eigenvalue weighted by Gasteiger charge is -2.43. The maximum absolute atomic E-state index is 12.6. The average Bonchev–Trinajstić information content (AvgIpc) is 2.78. The molecule has 0 bridgehead atoms. The summed E-state index contributed by atoms with van der Waals surface area (Å²) in [6.45, 7) is 0.696. The predicted octanol–water partition coefficient (Wildman–Crippen LogP) is 7.00. The fourth-order valence-corrected chi connectivity index (χ4v) is 4.37. The van der Waals surface area contributed by atoms with Crippen LogP contribution in [0, 0.1) is 0 Å². The first-order valence-electron chi connectivity index (χ1n) is 10.5. The van der Waals surface area contributed by atoms with E-state index in [1.807, 2.05) is 12.1 Å². The van der Waals surface area contributed by atoms with Gasteiger partial charge in [0.25, 0.3) is 0 Å². The van der Waals surface area contributed by atoms with E-state index in [1.165, 1.54) is 24.3 Å². The van der Waals surface area contributed by atoms with Crippen LogP contribution >= 0.6 is 0 Å². The zero-order valence-electron chi connectivity index (χ0n) is 17.7. The Morgan fingerprint density at radius 3 is 1.71 bits per heavy atom. The van der Waals surface area contributed by atoms with E-state index in [0.717, 1.165) is 29.7 Å². The second kappa shape index (κ2) is 9.44. The monoisotopic (exact) mass is 482 g/mol. The van der Waals surface area contributed by atoms with Crippen molar-refractivity contribution in [2.24, 2.45) is 0 Å². The molecule has 1 aromatic heterocycles. The summed E-state index contributed by atoms with van der Waals surface area (Å²) >= 11 is 0. The third-order valence-electron chi connectivity index (χ3n) is 5.62. The van der Waals surface area contributed by atoms with E-state index in [0.29, 0.717) is 6.54 Å². The largest absolute Gasteiger partial charge is 0.573 e. The summed E-state index contributed by atoms with van der Waals surface area (Å²) in [4.78, 5) is 6.18. The van der Waals surface area contributed by atoms with Gasteiger partial charge in [-0.3, -0.25) is 4.98 Å². The van der Waals surface area contributed by atoms with E-state index in [4.69, 9.17) is 0 Å². The predicted molar refractivity (Wildman–Crippen MR) is 113 cm³/mol. The van der Waals surface area contributed by atoms with E-state index < -0.39 is 12.7 Å². The standard InChI is InChI=1S/C24H20F6N2O2/c25-23(26,27)33-19-7-3-16(4-8-19)21-2-1-15-32(18-11-13-31-14-12-18)22(21)17-5-9-20(10-6-17)34-24(28,29)30/h3-14,21-22H,1-2,15H2. The molecule has 0 saturated carbocycles. The number of ether oxygens (including phenoxy) is 2. The van der Waals surface area contributed by atoms with Gasteiger partial charge in [0.2, 0.25) is 0 Å². The average molecular weight is 482 g/mol. The summed E-state index contributed by atoms with van der Waals surface area (Å²) in [5.74, 6) is -0.771. The Morgan fingerprint density at radius 1 is 0.706 bits per heavy atom. The van der Waals surface area contributed by atoms with E-state index in [2.05, 4.69) is 19.4 Å². The number of rotatable bonds is 5. The number of aromatic nitrogens is 1. The normalized spacial score (nSPS) is 19.1. The van der Waals surface area contributed by atoms with Gasteiger partial charge >= 0.3 is 12.7 Å². The Bertz CT molecular complexity index is 1070. The lowest BCUT2D eigenvalue weighted by molar-refractivity contribution is -0.275. The fraction of sp³-hybridized carbons (Fsp3) is 0.292. The summed E-state index contributed by atoms with van der Waals surface area (Å²) in [6.07, 6.45) is -4.71. The number of hydrogen-bond donors (Lipinski definition) is 0. The Morgan fingerprint density at radius 2 is 1.21 bits per heavy atom. The first-order chi connectivity index (χ1) is 16.1. The minimum atomic E-state index is -4.79. The molecule has 4 nitrogen and oxygen atoms in total. The molecule has 4 rings (SSSR count). The SMILES string of the molecule is FC(F)(F)Oc1ccc(C2CCCN(c3ccncc3)C2c2ccc(OC(F)(F)F)cc2)cc1. The van der Waals surface area contributed by atoms with Gasteiger partial charge in [0.15, 0.2) is 0 Å². The molecule has 2 atom stereocenters. The highest BCUT2D eigenvalue weighted by Gasteiger charge is 2.35. The molecule has 0 amide bonds. The maximum Gasteiger partial charge on any atom is 0.573 e. The summed E-state index contributed by atoms with van der Waals surface area (Å²) in [5.41, 5.74) is 2.44. The van der Waals surface area contributed by atoms with Crippen LogP contribution in [0.2, 0.25) is 0 Å². The number of halogens is 6. The second-order valence-corrected chi connectivity index (χ2v) is 7.83. The van der Waals surface area contributed by atoms with Gasteiger partial charge in [-0.05, 0) is 60.4 Å². The van der Waals surface area contributed by atoms with Crippen LogP contribution in [0.25, 0.3) is 0 Å². The zero-order chi connectivity index (χ0) is 24.3. The van der Waals surface area contributed by atoms with Crippen LogP contribution in [0.3, 0.4) is 0 Å². The number of pyridine rings is 1. The van der Waals surface area contributed by atoms with Gasteiger partial charge in [0, 0.05) is 30.5 Å². The molecular formula is C24H20F6N2O2. The molecule has 1 aliphatic heterocycles. The minimum absolute atomic E-state index is 0.128. The molecule has 1 fully saturated rings. The summed E-state index contributed by atoms with van der Waals surface area (Å²) in [7, 11) is 0. The molecule has 34 heavy (non-hydrogen) atoms. The highest BCUT2D eigenvalue weighted by molar-refractivity contribution is 5.51. The summed E-state index contributed by atoms with van der Waals surface area (Å²) in [6, 6.07) is 14.8. The van der Waals surface area contributed by atoms with Crippen LogP contribution in [0.1, 0.15) is 35.9 Å². The second-order valence-electron chi connectivity index (χ2n) is 7.83. The van der Waals surface area contributed by atoms with Crippen molar-refractivity contribution in [3.63, 3.8) is 0 Å². The van der Waals surface area contributed by atoms with Crippen LogP contribution in [-0.2, 0) is 0 Å². The summed E-state index contributed by atoms with van der Waals surface area (Å²) < 4.78 is 83.3. The van der Waals surface area contributed by atoms with Gasteiger partial charge in [0.05, 0.1) is 6.04 Å². The molecule has 0 radical (unpaired) electrons. The molecule has 180 valence electrons. The molecule has 0 spiro atoms. The van der Waals surface area contributed by atoms with Crippen molar-refractivity contribution < 1.29 is 35.8 Å². The number of anilines is 1. The molecule has 1 aliphatic rings. The third kappa shape index (κ3) is 5.92. The third-order valence-corrected chi connectivity index (χ3v) is 5.62. The molecule has 0 aliphatic carbocycles. The van der Waals surface area contributed by atoms with E-state index >= 15 is 0 Å². The van der Waals surface area contributed by atoms with E-state index in [9.17, 15) is 26.3 Å². The molecule has 2 unspecified atom stereocenters. The number of benzene rings is 2. The lowest BCUT2D eigenvalue weighted by atomic mass is 9.80. The number of hydrogen-bond acceptors (Lipinski definition) is 4.